The van der Waals surface area contributed by atoms with Crippen molar-refractivity contribution in [3.63, 3.8) is 0 Å². The molecule has 8 heteroatoms. The molecule has 0 aliphatic rings. The van der Waals surface area contributed by atoms with Crippen molar-refractivity contribution in [3.05, 3.63) is 59.2 Å². The standard InChI is InChI=1S/C19H19N5O2S/c1-12-10-14(3)24(21-12)9-8-23(18(25)16-11-13(2)22-26-16)19-20-15-6-4-5-7-17(15)27-19/h4-7,10-11H,8-9H2,1-3H3. The molecule has 0 saturated heterocycles. The van der Waals surface area contributed by atoms with Crippen molar-refractivity contribution < 1.29 is 9.32 Å². The van der Waals surface area contributed by atoms with Crippen LogP contribution in [0.15, 0.2) is 40.9 Å². The molecule has 1 aromatic carbocycles. The highest BCUT2D eigenvalue weighted by Gasteiger charge is 2.24. The second-order valence-corrected chi connectivity index (χ2v) is 7.41. The number of fused-ring (bicyclic) bond motifs is 1. The molecule has 0 bridgehead atoms. The zero-order chi connectivity index (χ0) is 19.0. The first-order valence-electron chi connectivity index (χ1n) is 8.63. The van der Waals surface area contributed by atoms with Crippen LogP contribution < -0.4 is 4.90 Å². The molecule has 138 valence electrons. The number of benzene rings is 1. The first-order chi connectivity index (χ1) is 13.0. The number of aryl methyl sites for hydroxylation is 3. The molecule has 7 nitrogen and oxygen atoms in total. The molecular weight excluding hydrogens is 362 g/mol. The predicted molar refractivity (Wildman–Crippen MR) is 104 cm³/mol. The van der Waals surface area contributed by atoms with Crippen molar-refractivity contribution in [1.29, 1.82) is 0 Å². The number of rotatable bonds is 5. The van der Waals surface area contributed by atoms with Crippen LogP contribution in [0.3, 0.4) is 0 Å². The van der Waals surface area contributed by atoms with E-state index >= 15 is 0 Å². The van der Waals surface area contributed by atoms with Crippen LogP contribution in [0.4, 0.5) is 5.13 Å². The molecule has 0 aliphatic carbocycles. The minimum atomic E-state index is -0.254. The van der Waals surface area contributed by atoms with Gasteiger partial charge in [-0.25, -0.2) is 4.98 Å². The van der Waals surface area contributed by atoms with E-state index in [1.54, 1.807) is 17.9 Å². The minimum Gasteiger partial charge on any atom is -0.351 e. The number of thiazole rings is 1. The Morgan fingerprint density at radius 2 is 2.00 bits per heavy atom. The molecule has 27 heavy (non-hydrogen) atoms. The van der Waals surface area contributed by atoms with Crippen molar-refractivity contribution in [1.82, 2.24) is 19.9 Å². The number of hydrogen-bond acceptors (Lipinski definition) is 6. The molecule has 4 rings (SSSR count). The number of carbonyl (C=O) groups excluding carboxylic acids is 1. The molecule has 4 aromatic rings. The highest BCUT2D eigenvalue weighted by atomic mass is 32.1. The van der Waals surface area contributed by atoms with Crippen LogP contribution in [0.5, 0.6) is 0 Å². The summed E-state index contributed by atoms with van der Waals surface area (Å²) in [4.78, 5) is 19.4. The SMILES string of the molecule is Cc1cc(C(=O)N(CCn2nc(C)cc2C)c2nc3ccccc3s2)on1. The van der Waals surface area contributed by atoms with Crippen LogP contribution in [-0.2, 0) is 6.54 Å². The molecule has 1 amide bonds. The predicted octanol–water partition coefficient (Wildman–Crippen LogP) is 3.75. The van der Waals surface area contributed by atoms with Gasteiger partial charge in [-0.2, -0.15) is 5.10 Å². The number of aromatic nitrogens is 4. The first kappa shape index (κ1) is 17.4. The van der Waals surface area contributed by atoms with Crippen LogP contribution in [-0.4, -0.2) is 32.4 Å². The van der Waals surface area contributed by atoms with Crippen molar-refractivity contribution in [3.8, 4) is 0 Å². The Morgan fingerprint density at radius 1 is 1.19 bits per heavy atom. The fourth-order valence-electron chi connectivity index (χ4n) is 2.95. The maximum absolute atomic E-state index is 13.1. The van der Waals surface area contributed by atoms with Gasteiger partial charge >= 0.3 is 0 Å². The van der Waals surface area contributed by atoms with E-state index in [4.69, 9.17) is 4.52 Å². The Balaban J connectivity index is 1.67. The van der Waals surface area contributed by atoms with Crippen LogP contribution in [0, 0.1) is 20.8 Å². The van der Waals surface area contributed by atoms with E-state index in [2.05, 4.69) is 15.2 Å². The van der Waals surface area contributed by atoms with Crippen LogP contribution >= 0.6 is 11.3 Å². The summed E-state index contributed by atoms with van der Waals surface area (Å²) in [6.45, 7) is 6.74. The maximum Gasteiger partial charge on any atom is 0.298 e. The van der Waals surface area contributed by atoms with E-state index in [1.165, 1.54) is 11.3 Å². The van der Waals surface area contributed by atoms with Crippen molar-refractivity contribution >= 4 is 32.6 Å². The lowest BCUT2D eigenvalue weighted by Crippen LogP contribution is -2.34. The molecule has 3 aromatic heterocycles. The lowest BCUT2D eigenvalue weighted by molar-refractivity contribution is 0.0950. The van der Waals surface area contributed by atoms with Gasteiger partial charge in [0.15, 0.2) is 5.13 Å². The van der Waals surface area contributed by atoms with Gasteiger partial charge in [0.2, 0.25) is 5.76 Å². The highest BCUT2D eigenvalue weighted by molar-refractivity contribution is 7.22. The van der Waals surface area contributed by atoms with Crippen molar-refractivity contribution in [2.45, 2.75) is 27.3 Å². The molecular formula is C19H19N5O2S. The van der Waals surface area contributed by atoms with E-state index in [-0.39, 0.29) is 11.7 Å². The van der Waals surface area contributed by atoms with E-state index < -0.39 is 0 Å². The summed E-state index contributed by atoms with van der Waals surface area (Å²) in [7, 11) is 0. The summed E-state index contributed by atoms with van der Waals surface area (Å²) in [5.41, 5.74) is 3.55. The van der Waals surface area contributed by atoms with Gasteiger partial charge in [-0.05, 0) is 39.0 Å². The maximum atomic E-state index is 13.1. The summed E-state index contributed by atoms with van der Waals surface area (Å²) < 4.78 is 8.13. The van der Waals surface area contributed by atoms with E-state index in [9.17, 15) is 4.79 Å². The van der Waals surface area contributed by atoms with Crippen molar-refractivity contribution in [2.24, 2.45) is 0 Å². The highest BCUT2D eigenvalue weighted by Crippen LogP contribution is 2.29. The van der Waals surface area contributed by atoms with Gasteiger partial charge < -0.3 is 4.52 Å². The fourth-order valence-corrected chi connectivity index (χ4v) is 3.94. The van der Waals surface area contributed by atoms with Gasteiger partial charge in [0.05, 0.1) is 28.1 Å². The van der Waals surface area contributed by atoms with E-state index in [1.807, 2.05) is 48.9 Å². The smallest absolute Gasteiger partial charge is 0.298 e. The van der Waals surface area contributed by atoms with Crippen molar-refractivity contribution in [2.75, 3.05) is 11.4 Å². The number of amides is 1. The topological polar surface area (TPSA) is 77.0 Å². The van der Waals surface area contributed by atoms with Gasteiger partial charge in [-0.15, -0.1) is 0 Å². The quantitative estimate of drug-likeness (QED) is 0.526. The number of anilines is 1. The van der Waals surface area contributed by atoms with Crippen LogP contribution in [0.25, 0.3) is 10.2 Å². The number of hydrogen-bond donors (Lipinski definition) is 0. The normalized spacial score (nSPS) is 11.2. The third-order valence-electron chi connectivity index (χ3n) is 4.24. The third-order valence-corrected chi connectivity index (χ3v) is 5.30. The Bertz CT molecular complexity index is 1080. The molecule has 0 radical (unpaired) electrons. The van der Waals surface area contributed by atoms with E-state index in [0.29, 0.717) is 23.9 Å². The van der Waals surface area contributed by atoms with Crippen LogP contribution in [0.2, 0.25) is 0 Å². The van der Waals surface area contributed by atoms with Gasteiger partial charge in [0.1, 0.15) is 0 Å². The molecule has 0 saturated carbocycles. The summed E-state index contributed by atoms with van der Waals surface area (Å²) >= 11 is 1.48. The minimum absolute atomic E-state index is 0.208. The average molecular weight is 381 g/mol. The Hall–Kier alpha value is -3.00. The van der Waals surface area contributed by atoms with Gasteiger partial charge in [-0.1, -0.05) is 28.6 Å². The molecule has 3 heterocycles. The largest absolute Gasteiger partial charge is 0.351 e. The third kappa shape index (κ3) is 3.48. The Kier molecular flexibility index (Phi) is 4.49. The number of nitrogens with zero attached hydrogens (tertiary/aromatic N) is 5. The second-order valence-electron chi connectivity index (χ2n) is 6.40. The fraction of sp³-hybridized carbons (Fsp3) is 0.263. The van der Waals surface area contributed by atoms with Gasteiger partial charge in [0, 0.05) is 18.3 Å². The first-order valence-corrected chi connectivity index (χ1v) is 9.45. The monoisotopic (exact) mass is 381 g/mol. The zero-order valence-corrected chi connectivity index (χ0v) is 16.2. The summed E-state index contributed by atoms with van der Waals surface area (Å²) in [5, 5.41) is 8.95. The summed E-state index contributed by atoms with van der Waals surface area (Å²) in [6.07, 6.45) is 0. The molecule has 0 aliphatic heterocycles. The lowest BCUT2D eigenvalue weighted by atomic mass is 10.3. The van der Waals surface area contributed by atoms with Gasteiger partial charge in [0.25, 0.3) is 5.91 Å². The summed E-state index contributed by atoms with van der Waals surface area (Å²) in [6, 6.07) is 11.5. The molecule has 0 N–H and O–H groups in total. The average Bonchev–Trinajstić information content (AvgIpc) is 3.33. The molecule has 0 unspecified atom stereocenters. The molecule has 0 spiro atoms. The van der Waals surface area contributed by atoms with Gasteiger partial charge in [-0.3, -0.25) is 14.4 Å². The van der Waals surface area contributed by atoms with Crippen LogP contribution in [0.1, 0.15) is 27.6 Å². The molecule has 0 atom stereocenters. The zero-order valence-electron chi connectivity index (χ0n) is 15.3. The van der Waals surface area contributed by atoms with E-state index in [0.717, 1.165) is 21.6 Å². The second kappa shape index (κ2) is 6.96. The number of carbonyl (C=O) groups is 1. The molecule has 0 fully saturated rings. The Labute approximate surface area is 160 Å². The lowest BCUT2D eigenvalue weighted by Gasteiger charge is -2.18. The Morgan fingerprint density at radius 3 is 2.67 bits per heavy atom. The number of para-hydroxylation sites is 1. The summed E-state index contributed by atoms with van der Waals surface area (Å²) in [5.74, 6) is -0.0451.